The van der Waals surface area contributed by atoms with Crippen molar-refractivity contribution in [2.75, 3.05) is 0 Å². The molecule has 0 saturated carbocycles. The molecule has 232 valence electrons. The molecule has 0 atom stereocenters. The van der Waals surface area contributed by atoms with E-state index in [0.29, 0.717) is 0 Å². The average molecular weight is 665 g/mol. The summed E-state index contributed by atoms with van der Waals surface area (Å²) in [6.45, 7) is 0. The van der Waals surface area contributed by atoms with Gasteiger partial charge < -0.3 is 9.13 Å². The van der Waals surface area contributed by atoms with Gasteiger partial charge in [0, 0.05) is 32.9 Å². The third-order valence-electron chi connectivity index (χ3n) is 8.42. The van der Waals surface area contributed by atoms with Crippen LogP contribution in [-0.4, -0.2) is 9.13 Å². The van der Waals surface area contributed by atoms with Gasteiger partial charge in [-0.05, 0) is 104 Å². The Morgan fingerprint density at radius 2 is 0.660 bits per heavy atom. The molecule has 50 heavy (non-hydrogen) atoms. The van der Waals surface area contributed by atoms with Crippen molar-refractivity contribution in [1.29, 1.82) is 0 Å². The predicted molar refractivity (Wildman–Crippen MR) is 213 cm³/mol. The summed E-state index contributed by atoms with van der Waals surface area (Å²) in [5.41, 5.74) is -5.91. The number of hydrogen-bond donors (Lipinski definition) is 0. The van der Waals surface area contributed by atoms with E-state index < -0.39 is 280 Å². The van der Waals surface area contributed by atoms with Crippen LogP contribution in [0.25, 0.3) is 98.4 Å². The zero-order valence-electron chi connectivity index (χ0n) is 54.9. The van der Waals surface area contributed by atoms with Crippen LogP contribution in [0.4, 0.5) is 0 Å². The SMILES string of the molecule is [2H]c1c([2H])c([2H])c(-n2c3c([2H])c([2H])c([2H])c([2H])c3c3c([2H])c(-c4c([2H])c([2H])c5c(c4[2H])c4c([2H])c([2H])c([2H])c([2H])c4n5-c4c([2H])c([2H])c5c6c([2H])c([2H])c([2H])c([2H])c6c6c([2H])c([2H])c([2H])c([2H])c6c5c4[2H])c([2H])c([2H])c32)c([2H])c1[2H]. The van der Waals surface area contributed by atoms with Gasteiger partial charge >= 0.3 is 0 Å². The van der Waals surface area contributed by atoms with Crippen molar-refractivity contribution in [1.82, 2.24) is 9.13 Å². The van der Waals surface area contributed by atoms with Gasteiger partial charge in [-0.25, -0.2) is 0 Å². The van der Waals surface area contributed by atoms with Crippen molar-refractivity contribution in [3.63, 3.8) is 0 Å². The quantitative estimate of drug-likeness (QED) is 0.166. The summed E-state index contributed by atoms with van der Waals surface area (Å²) in [6, 6.07) is -27.4. The number of aromatic nitrogens is 2. The molecule has 2 aromatic heterocycles. The van der Waals surface area contributed by atoms with E-state index in [1.807, 2.05) is 0 Å². The van der Waals surface area contributed by atoms with Crippen LogP contribution in [0, 0.1) is 0 Å². The molecular weight excluding hydrogens is 605 g/mol. The Morgan fingerprint density at radius 1 is 0.260 bits per heavy atom. The van der Waals surface area contributed by atoms with E-state index in [4.69, 9.17) is 26.0 Å². The van der Waals surface area contributed by atoms with E-state index in [1.165, 1.54) is 0 Å². The predicted octanol–water partition coefficient (Wildman–Crippen LogP) is 13.0. The van der Waals surface area contributed by atoms with E-state index in [0.717, 1.165) is 9.13 Å². The van der Waals surface area contributed by atoms with E-state index in [9.17, 15) is 15.1 Å². The number of rotatable bonds is 3. The Kier molecular flexibility index (Phi) is 2.34. The first-order valence-corrected chi connectivity index (χ1v) is 14.8. The molecular formula is C48H30N2. The number of hydrogen-bond acceptors (Lipinski definition) is 0. The highest BCUT2D eigenvalue weighted by molar-refractivity contribution is 6.25. The van der Waals surface area contributed by atoms with Crippen molar-refractivity contribution >= 4 is 75.9 Å². The van der Waals surface area contributed by atoms with Gasteiger partial charge in [0.1, 0.15) is 0 Å². The normalized spacial score (nSPS) is 20.4. The van der Waals surface area contributed by atoms with Gasteiger partial charge in [-0.2, -0.15) is 0 Å². The van der Waals surface area contributed by atoms with Crippen molar-refractivity contribution in [3.8, 4) is 22.5 Å². The molecule has 0 radical (unpaired) electrons. The van der Waals surface area contributed by atoms with Gasteiger partial charge in [0.2, 0.25) is 0 Å². The van der Waals surface area contributed by atoms with Crippen LogP contribution >= 0.6 is 0 Å². The lowest BCUT2D eigenvalue weighted by Crippen LogP contribution is -1.94. The fourth-order valence-electron chi connectivity index (χ4n) is 6.34. The van der Waals surface area contributed by atoms with Crippen LogP contribution in [0.2, 0.25) is 0 Å². The molecule has 0 spiro atoms. The molecule has 9 aromatic carbocycles. The second kappa shape index (κ2) is 10.4. The average Bonchev–Trinajstić information content (AvgIpc) is 4.06. The Hall–Kier alpha value is -6.64. The van der Waals surface area contributed by atoms with Gasteiger partial charge in [0.05, 0.1) is 63.2 Å². The molecule has 0 unspecified atom stereocenters. The molecule has 0 fully saturated rings. The van der Waals surface area contributed by atoms with Gasteiger partial charge in [-0.15, -0.1) is 0 Å². The molecule has 0 bridgehead atoms. The molecule has 0 N–H and O–H groups in total. The largest absolute Gasteiger partial charge is 0.309 e. The summed E-state index contributed by atoms with van der Waals surface area (Å²) in [6.07, 6.45) is 0. The zero-order valence-corrected chi connectivity index (χ0v) is 24.9. The third kappa shape index (κ3) is 3.85. The van der Waals surface area contributed by atoms with Crippen LogP contribution in [0.15, 0.2) is 181 Å². The van der Waals surface area contributed by atoms with Gasteiger partial charge in [-0.1, -0.05) is 121 Å². The van der Waals surface area contributed by atoms with Crippen molar-refractivity contribution in [3.05, 3.63) is 181 Å². The molecule has 0 aliphatic carbocycles. The Labute approximate surface area is 330 Å². The van der Waals surface area contributed by atoms with E-state index in [-0.39, 0.29) is 0 Å². The number of benzene rings is 9. The van der Waals surface area contributed by atoms with Crippen LogP contribution in [0.3, 0.4) is 0 Å². The fourth-order valence-corrected chi connectivity index (χ4v) is 6.34. The zero-order chi connectivity index (χ0) is 58.9. The molecule has 2 heterocycles. The molecule has 0 aliphatic heterocycles. The lowest BCUT2D eigenvalue weighted by Gasteiger charge is -2.14. The molecule has 2 nitrogen and oxygen atoms in total. The third-order valence-corrected chi connectivity index (χ3v) is 8.42. The van der Waals surface area contributed by atoms with Crippen LogP contribution in [0.1, 0.15) is 41.1 Å². The van der Waals surface area contributed by atoms with Crippen molar-refractivity contribution in [2.24, 2.45) is 0 Å². The van der Waals surface area contributed by atoms with E-state index >= 15 is 0 Å². The fraction of sp³-hybridized carbons (Fsp3) is 0. The smallest absolute Gasteiger partial charge is 0.0652 e. The summed E-state index contributed by atoms with van der Waals surface area (Å²) in [5.74, 6) is 0. The highest BCUT2D eigenvalue weighted by Crippen LogP contribution is 2.40. The lowest BCUT2D eigenvalue weighted by molar-refractivity contribution is 1.18. The maximum Gasteiger partial charge on any atom is 0.0652 e. The van der Waals surface area contributed by atoms with E-state index in [2.05, 4.69) is 0 Å². The molecule has 11 rings (SSSR count). The molecule has 0 amide bonds. The topological polar surface area (TPSA) is 9.86 Å². The summed E-state index contributed by atoms with van der Waals surface area (Å²) < 4.78 is 273. The monoisotopic (exact) mass is 664 g/mol. The van der Waals surface area contributed by atoms with E-state index in [1.54, 1.807) is 0 Å². The highest BCUT2D eigenvalue weighted by atomic mass is 15.0. The second-order valence-corrected chi connectivity index (χ2v) is 11.0. The number of para-hydroxylation sites is 3. The number of nitrogens with zero attached hydrogens (tertiary/aromatic N) is 2. The van der Waals surface area contributed by atoms with Crippen LogP contribution < -0.4 is 0 Å². The summed E-state index contributed by atoms with van der Waals surface area (Å²) in [7, 11) is 0. The Balaban J connectivity index is 1.37. The van der Waals surface area contributed by atoms with Crippen molar-refractivity contribution in [2.45, 2.75) is 0 Å². The van der Waals surface area contributed by atoms with Gasteiger partial charge in [-0.3, -0.25) is 0 Å². The maximum atomic E-state index is 9.96. The Bertz CT molecular complexity index is 4810. The van der Waals surface area contributed by atoms with Crippen LogP contribution in [-0.2, 0) is 0 Å². The summed E-state index contributed by atoms with van der Waals surface area (Å²) >= 11 is 0. The van der Waals surface area contributed by atoms with Gasteiger partial charge in [0.25, 0.3) is 0 Å². The molecule has 2 heteroatoms. The molecule has 0 aliphatic rings. The summed E-state index contributed by atoms with van der Waals surface area (Å²) in [5, 5.41) is -5.72. The molecule has 11 aromatic rings. The minimum absolute atomic E-state index is 0.481. The van der Waals surface area contributed by atoms with Crippen LogP contribution in [0.5, 0.6) is 0 Å². The lowest BCUT2D eigenvalue weighted by atomic mass is 9.94. The minimum Gasteiger partial charge on any atom is -0.309 e. The first kappa shape index (κ1) is 11.2. The number of fused-ring (bicyclic) bond motifs is 12. The Morgan fingerprint density at radius 3 is 1.20 bits per heavy atom. The maximum absolute atomic E-state index is 9.96. The van der Waals surface area contributed by atoms with Gasteiger partial charge in [0.15, 0.2) is 0 Å². The minimum atomic E-state index is -1.08. The first-order chi connectivity index (χ1) is 37.3. The standard InChI is InChI=1S/C48H30N2/c1-2-12-33(13-3-1)49-45-20-10-8-18-40(45)43-28-31(22-26-47(43)49)32-23-27-48-44(29-32)41-19-9-11-21-46(41)50(48)34-24-25-39-37-16-5-4-14-35(37)36-15-6-7-17-38(36)42(39)30-34/h1-30H/i1D,2D,3D,4D,5D,6D,7D,8D,9D,10D,11D,12D,13D,14D,15D,16D,17D,18D,19D,20D,21D,22D,23D,24D,25D,26D,27D,28D,29D,30D. The second-order valence-electron chi connectivity index (χ2n) is 11.0. The highest BCUT2D eigenvalue weighted by Gasteiger charge is 2.17. The first-order valence-electron chi connectivity index (χ1n) is 29.8. The summed E-state index contributed by atoms with van der Waals surface area (Å²) in [4.78, 5) is 0. The molecule has 0 saturated heterocycles. The van der Waals surface area contributed by atoms with Crippen molar-refractivity contribution < 1.29 is 41.1 Å².